The van der Waals surface area contributed by atoms with Gasteiger partial charge < -0.3 is 4.74 Å². The third-order valence-corrected chi connectivity index (χ3v) is 2.41. The molecule has 0 amide bonds. The van der Waals surface area contributed by atoms with Crippen LogP contribution in [-0.2, 0) is 5.88 Å². The fraction of sp³-hybridized carbons (Fsp3) is 0.583. The normalized spacial score (nSPS) is 11.6. The first kappa shape index (κ1) is 13.2. The van der Waals surface area contributed by atoms with Crippen LogP contribution in [0.5, 0.6) is 5.88 Å². The van der Waals surface area contributed by atoms with E-state index in [2.05, 4.69) is 25.8 Å². The molecule has 0 aromatic carbocycles. The van der Waals surface area contributed by atoms with Gasteiger partial charge >= 0.3 is 0 Å². The van der Waals surface area contributed by atoms with Gasteiger partial charge in [-0.3, -0.25) is 0 Å². The minimum Gasteiger partial charge on any atom is -0.477 e. The molecular weight excluding hydrogens is 229 g/mol. The number of nitrogens with zero attached hydrogens (tertiary/aromatic N) is 1. The molecule has 90 valence electrons. The van der Waals surface area contributed by atoms with Crippen molar-refractivity contribution in [3.63, 3.8) is 0 Å². The Morgan fingerprint density at radius 1 is 1.44 bits per heavy atom. The summed E-state index contributed by atoms with van der Waals surface area (Å²) in [7, 11) is 0. The van der Waals surface area contributed by atoms with Gasteiger partial charge in [-0.1, -0.05) is 20.8 Å². The summed E-state index contributed by atoms with van der Waals surface area (Å²) < 4.78 is 18.4. The van der Waals surface area contributed by atoms with Crippen molar-refractivity contribution in [1.29, 1.82) is 0 Å². The molecule has 1 aromatic rings. The van der Waals surface area contributed by atoms with Crippen molar-refractivity contribution in [3.05, 3.63) is 23.6 Å². The van der Waals surface area contributed by atoms with Crippen LogP contribution in [0, 0.1) is 11.2 Å². The van der Waals surface area contributed by atoms with Crippen LogP contribution < -0.4 is 4.74 Å². The van der Waals surface area contributed by atoms with Crippen molar-refractivity contribution < 1.29 is 9.13 Å². The molecule has 0 spiro atoms. The highest BCUT2D eigenvalue weighted by Crippen LogP contribution is 2.21. The van der Waals surface area contributed by atoms with Gasteiger partial charge in [-0.25, -0.2) is 9.37 Å². The second-order valence-electron chi connectivity index (χ2n) is 4.91. The number of halogens is 2. The van der Waals surface area contributed by atoms with E-state index in [0.29, 0.717) is 18.1 Å². The number of pyridine rings is 1. The SMILES string of the molecule is CC(C)(C)CCOc1ncc(F)cc1CCl. The summed E-state index contributed by atoms with van der Waals surface area (Å²) in [4.78, 5) is 3.89. The third-order valence-electron chi connectivity index (χ3n) is 2.13. The lowest BCUT2D eigenvalue weighted by molar-refractivity contribution is 0.234. The number of ether oxygens (including phenoxy) is 1. The van der Waals surface area contributed by atoms with Crippen molar-refractivity contribution >= 4 is 11.6 Å². The lowest BCUT2D eigenvalue weighted by Gasteiger charge is -2.18. The molecule has 0 saturated heterocycles. The summed E-state index contributed by atoms with van der Waals surface area (Å²) >= 11 is 5.69. The van der Waals surface area contributed by atoms with Crippen LogP contribution in [0.3, 0.4) is 0 Å². The molecule has 1 aromatic heterocycles. The maximum Gasteiger partial charge on any atom is 0.217 e. The number of alkyl halides is 1. The third kappa shape index (κ3) is 4.35. The molecular formula is C12H17ClFNO. The van der Waals surface area contributed by atoms with Gasteiger partial charge in [0.15, 0.2) is 0 Å². The lowest BCUT2D eigenvalue weighted by Crippen LogP contribution is -2.12. The number of aromatic nitrogens is 1. The fourth-order valence-corrected chi connectivity index (χ4v) is 1.34. The first-order valence-electron chi connectivity index (χ1n) is 5.25. The largest absolute Gasteiger partial charge is 0.477 e. The number of hydrogen-bond donors (Lipinski definition) is 0. The Hall–Kier alpha value is -0.830. The van der Waals surface area contributed by atoms with E-state index < -0.39 is 0 Å². The molecule has 0 atom stereocenters. The molecule has 2 nitrogen and oxygen atoms in total. The summed E-state index contributed by atoms with van der Waals surface area (Å²) in [5.41, 5.74) is 0.803. The standard InChI is InChI=1S/C12H17ClFNO/c1-12(2,3)4-5-16-11-9(7-13)6-10(14)8-15-11/h6,8H,4-5,7H2,1-3H3. The molecule has 0 bridgehead atoms. The summed E-state index contributed by atoms with van der Waals surface area (Å²) in [6.45, 7) is 6.97. The highest BCUT2D eigenvalue weighted by molar-refractivity contribution is 6.17. The van der Waals surface area contributed by atoms with E-state index in [9.17, 15) is 4.39 Å². The van der Waals surface area contributed by atoms with E-state index in [-0.39, 0.29) is 17.1 Å². The van der Waals surface area contributed by atoms with Crippen molar-refractivity contribution in [2.75, 3.05) is 6.61 Å². The van der Waals surface area contributed by atoms with Gasteiger partial charge in [0.1, 0.15) is 5.82 Å². The Balaban J connectivity index is 2.60. The summed E-state index contributed by atoms with van der Waals surface area (Å²) in [5, 5.41) is 0. The fourth-order valence-electron chi connectivity index (χ4n) is 1.15. The van der Waals surface area contributed by atoms with Gasteiger partial charge in [-0.05, 0) is 17.9 Å². The van der Waals surface area contributed by atoms with Crippen LogP contribution in [0.15, 0.2) is 12.3 Å². The van der Waals surface area contributed by atoms with Crippen molar-refractivity contribution in [1.82, 2.24) is 4.98 Å². The molecule has 4 heteroatoms. The number of hydrogen-bond acceptors (Lipinski definition) is 2. The Labute approximate surface area is 101 Å². The van der Waals surface area contributed by atoms with Crippen molar-refractivity contribution in [2.24, 2.45) is 5.41 Å². The molecule has 1 rings (SSSR count). The Morgan fingerprint density at radius 2 is 2.12 bits per heavy atom. The molecule has 1 heterocycles. The molecule has 0 fully saturated rings. The van der Waals surface area contributed by atoms with Crippen LogP contribution in [0.2, 0.25) is 0 Å². The van der Waals surface area contributed by atoms with Gasteiger partial charge in [-0.2, -0.15) is 0 Å². The molecule has 0 aliphatic rings. The predicted octanol–water partition coefficient (Wildman–Crippen LogP) is 3.77. The zero-order chi connectivity index (χ0) is 12.2. The van der Waals surface area contributed by atoms with Crippen LogP contribution in [0.1, 0.15) is 32.8 Å². The van der Waals surface area contributed by atoms with E-state index in [1.165, 1.54) is 6.07 Å². The van der Waals surface area contributed by atoms with Crippen molar-refractivity contribution in [3.8, 4) is 5.88 Å². The highest BCUT2D eigenvalue weighted by atomic mass is 35.5. The van der Waals surface area contributed by atoms with Gasteiger partial charge in [0.25, 0.3) is 0 Å². The topological polar surface area (TPSA) is 22.1 Å². The van der Waals surface area contributed by atoms with E-state index >= 15 is 0 Å². The predicted molar refractivity (Wildman–Crippen MR) is 63.3 cm³/mol. The Kier molecular flexibility index (Phi) is 4.54. The second kappa shape index (κ2) is 5.48. The quantitative estimate of drug-likeness (QED) is 0.754. The van der Waals surface area contributed by atoms with Gasteiger partial charge in [-0.15, -0.1) is 11.6 Å². The minimum absolute atomic E-state index is 0.204. The minimum atomic E-state index is -0.390. The van der Waals surface area contributed by atoms with Crippen LogP contribution >= 0.6 is 11.6 Å². The monoisotopic (exact) mass is 245 g/mol. The highest BCUT2D eigenvalue weighted by Gasteiger charge is 2.11. The Bertz CT molecular complexity index is 349. The summed E-state index contributed by atoms with van der Waals surface area (Å²) in [5.74, 6) is 0.245. The molecule has 0 N–H and O–H groups in total. The first-order valence-corrected chi connectivity index (χ1v) is 5.79. The van der Waals surface area contributed by atoms with Crippen LogP contribution in [0.4, 0.5) is 4.39 Å². The number of rotatable bonds is 4. The van der Waals surface area contributed by atoms with Gasteiger partial charge in [0.2, 0.25) is 5.88 Å². The average Bonchev–Trinajstić information content (AvgIpc) is 2.18. The molecule has 0 saturated carbocycles. The molecule has 0 radical (unpaired) electrons. The molecule has 0 unspecified atom stereocenters. The zero-order valence-electron chi connectivity index (χ0n) is 9.89. The second-order valence-corrected chi connectivity index (χ2v) is 5.18. The first-order chi connectivity index (χ1) is 7.42. The van der Waals surface area contributed by atoms with Crippen molar-refractivity contribution in [2.45, 2.75) is 33.1 Å². The van der Waals surface area contributed by atoms with E-state index in [1.54, 1.807) is 0 Å². The smallest absolute Gasteiger partial charge is 0.217 e. The maximum atomic E-state index is 12.9. The molecule has 0 aliphatic heterocycles. The van der Waals surface area contributed by atoms with Crippen LogP contribution in [-0.4, -0.2) is 11.6 Å². The Morgan fingerprint density at radius 3 is 2.69 bits per heavy atom. The van der Waals surface area contributed by atoms with Crippen LogP contribution in [0.25, 0.3) is 0 Å². The van der Waals surface area contributed by atoms with E-state index in [0.717, 1.165) is 12.6 Å². The lowest BCUT2D eigenvalue weighted by atomic mass is 9.93. The van der Waals surface area contributed by atoms with E-state index in [4.69, 9.17) is 16.3 Å². The zero-order valence-corrected chi connectivity index (χ0v) is 10.6. The van der Waals surface area contributed by atoms with Gasteiger partial charge in [0, 0.05) is 5.56 Å². The van der Waals surface area contributed by atoms with E-state index in [1.807, 2.05) is 0 Å². The maximum absolute atomic E-state index is 12.9. The molecule has 16 heavy (non-hydrogen) atoms. The average molecular weight is 246 g/mol. The molecule has 0 aliphatic carbocycles. The summed E-state index contributed by atoms with van der Waals surface area (Å²) in [6, 6.07) is 1.35. The van der Waals surface area contributed by atoms with Gasteiger partial charge in [0.05, 0.1) is 18.7 Å². The summed E-state index contributed by atoms with van der Waals surface area (Å²) in [6.07, 6.45) is 2.05.